The zero-order chi connectivity index (χ0) is 13.4. The van der Waals surface area contributed by atoms with E-state index in [0.717, 1.165) is 0 Å². The van der Waals surface area contributed by atoms with Gasteiger partial charge in [-0.2, -0.15) is 0 Å². The van der Waals surface area contributed by atoms with Crippen LogP contribution in [0.2, 0.25) is 0 Å². The Kier molecular flexibility index (Phi) is 41.0. The molecule has 0 saturated heterocycles. The van der Waals surface area contributed by atoms with E-state index in [-0.39, 0.29) is 18.3 Å². The molecule has 0 bridgehead atoms. The second-order valence-corrected chi connectivity index (χ2v) is 7.99. The zero-order valence-electron chi connectivity index (χ0n) is 10.3. The van der Waals surface area contributed by atoms with E-state index in [2.05, 4.69) is 0 Å². The summed E-state index contributed by atoms with van der Waals surface area (Å²) in [6.07, 6.45) is -0.500. The number of hydrogen-bond donors (Lipinski definition) is 3. The first kappa shape index (κ1) is 25.1. The molecule has 0 aromatic carbocycles. The topological polar surface area (TPSA) is 60.7 Å². The molecule has 0 aromatic rings. The number of aliphatic hydroxyl groups excluding tert-OH is 3. The molecule has 0 atom stereocenters. The van der Waals surface area contributed by atoms with Crippen molar-refractivity contribution in [2.45, 2.75) is 59.9 Å². The van der Waals surface area contributed by atoms with Gasteiger partial charge in [0.25, 0.3) is 0 Å². The first-order valence-electron chi connectivity index (χ1n) is 4.58. The average Bonchev–Trinajstić information content (AvgIpc) is 1.81. The van der Waals surface area contributed by atoms with E-state index in [1.54, 1.807) is 41.5 Å². The minimum atomic E-state index is -0.889. The maximum absolute atomic E-state index is 8.06. The molecule has 3 nitrogen and oxygen atoms in total. The predicted octanol–water partition coefficient (Wildman–Crippen LogP) is 2.54. The van der Waals surface area contributed by atoms with Crippen LogP contribution in [-0.2, 0) is 17.6 Å². The number of halogens is 2. The molecule has 97 valence electrons. The Morgan fingerprint density at radius 2 is 0.667 bits per heavy atom. The fourth-order valence-corrected chi connectivity index (χ4v) is 0. The second-order valence-electron chi connectivity index (χ2n) is 3.35. The predicted molar refractivity (Wildman–Crippen MR) is 63.8 cm³/mol. The van der Waals surface area contributed by atoms with Crippen LogP contribution in [0.5, 0.6) is 0 Å². The summed E-state index contributed by atoms with van der Waals surface area (Å²) in [7, 11) is 9.89. The molecule has 0 aromatic heterocycles. The van der Waals surface area contributed by atoms with Crippen molar-refractivity contribution in [2.24, 2.45) is 0 Å². The molecular weight excluding hydrogens is 408 g/mol. The van der Waals surface area contributed by atoms with Gasteiger partial charge in [0, 0.05) is 18.3 Å². The summed E-state index contributed by atoms with van der Waals surface area (Å²) in [4.78, 5) is 0. The standard InChI is InChI=1S/3C3H8O.2ClH.Ta/c3*1-3(2)4;;;/h3*3-4H,1-2H3;2*1H;/q;;;;;+2/p-2. The Balaban J connectivity index is -0.0000000542. The fourth-order valence-electron chi connectivity index (χ4n) is 0. The summed E-state index contributed by atoms with van der Waals surface area (Å²) in [6, 6.07) is 0. The molecule has 0 radical (unpaired) electrons. The SMILES string of the molecule is CC(C)O.CC(C)O.CC(C)O.[Cl][Ta][Cl]. The van der Waals surface area contributed by atoms with Crippen LogP contribution in [0.15, 0.2) is 0 Å². The van der Waals surface area contributed by atoms with Crippen LogP contribution in [0.4, 0.5) is 0 Å². The third-order valence-corrected chi connectivity index (χ3v) is 0. The summed E-state index contributed by atoms with van der Waals surface area (Å²) < 4.78 is 0. The first-order valence-corrected chi connectivity index (χ1v) is 12.5. The fraction of sp³-hybridized carbons (Fsp3) is 1.00. The molecule has 0 aliphatic rings. The molecular formula is C9H24Cl2O3Ta. The van der Waals surface area contributed by atoms with Gasteiger partial charge in [-0.1, -0.05) is 0 Å². The molecule has 0 spiro atoms. The van der Waals surface area contributed by atoms with Crippen LogP contribution in [0.25, 0.3) is 0 Å². The first-order chi connectivity index (χ1) is 6.61. The molecule has 0 aliphatic carbocycles. The van der Waals surface area contributed by atoms with Gasteiger partial charge in [-0.05, 0) is 41.5 Å². The third kappa shape index (κ3) is 1840. The molecule has 0 rings (SSSR count). The van der Waals surface area contributed by atoms with Crippen molar-refractivity contribution >= 4 is 18.4 Å². The Hall–Kier alpha value is 1.20. The van der Waals surface area contributed by atoms with Gasteiger partial charge in [-0.25, -0.2) is 0 Å². The Bertz CT molecular complexity index is 61.2. The Morgan fingerprint density at radius 3 is 0.667 bits per heavy atom. The van der Waals surface area contributed by atoms with E-state index in [1.807, 2.05) is 0 Å². The molecule has 0 aliphatic heterocycles. The van der Waals surface area contributed by atoms with E-state index >= 15 is 0 Å². The minimum absolute atomic E-state index is 0.167. The van der Waals surface area contributed by atoms with Crippen molar-refractivity contribution < 1.29 is 32.9 Å². The van der Waals surface area contributed by atoms with Crippen molar-refractivity contribution in [3.8, 4) is 0 Å². The van der Waals surface area contributed by atoms with Gasteiger partial charge >= 0.3 is 36.0 Å². The number of aliphatic hydroxyl groups is 3. The van der Waals surface area contributed by atoms with Crippen LogP contribution in [0.1, 0.15) is 41.5 Å². The quantitative estimate of drug-likeness (QED) is 0.552. The Labute approximate surface area is 111 Å². The van der Waals surface area contributed by atoms with Crippen molar-refractivity contribution in [3.05, 3.63) is 0 Å². The molecule has 6 heteroatoms. The van der Waals surface area contributed by atoms with E-state index in [1.165, 1.54) is 0 Å². The van der Waals surface area contributed by atoms with Gasteiger partial charge in [0.15, 0.2) is 0 Å². The molecule has 3 N–H and O–H groups in total. The van der Waals surface area contributed by atoms with Gasteiger partial charge in [0.05, 0.1) is 0 Å². The summed E-state index contributed by atoms with van der Waals surface area (Å²) in [5.74, 6) is 0. The van der Waals surface area contributed by atoms with Crippen molar-refractivity contribution in [2.75, 3.05) is 0 Å². The van der Waals surface area contributed by atoms with Crippen molar-refractivity contribution in [1.29, 1.82) is 0 Å². The van der Waals surface area contributed by atoms with Crippen LogP contribution in [-0.4, -0.2) is 33.6 Å². The zero-order valence-corrected chi connectivity index (χ0v) is 15.0. The average molecular weight is 432 g/mol. The normalized spacial score (nSPS) is 8.13. The molecule has 0 heterocycles. The van der Waals surface area contributed by atoms with E-state index in [4.69, 9.17) is 33.7 Å². The van der Waals surface area contributed by atoms with Crippen molar-refractivity contribution in [3.63, 3.8) is 0 Å². The van der Waals surface area contributed by atoms with Crippen LogP contribution in [0, 0.1) is 0 Å². The molecule has 0 saturated carbocycles. The second kappa shape index (κ2) is 24.4. The summed E-state index contributed by atoms with van der Waals surface area (Å²) in [5, 5.41) is 24.2. The van der Waals surface area contributed by atoms with Crippen LogP contribution < -0.4 is 0 Å². The molecule has 15 heavy (non-hydrogen) atoms. The summed E-state index contributed by atoms with van der Waals surface area (Å²) >= 11 is -0.889. The van der Waals surface area contributed by atoms with Crippen molar-refractivity contribution in [1.82, 2.24) is 0 Å². The number of rotatable bonds is 0. The van der Waals surface area contributed by atoms with Gasteiger partial charge in [0.1, 0.15) is 0 Å². The summed E-state index contributed by atoms with van der Waals surface area (Å²) in [5.41, 5.74) is 0. The molecule has 0 amide bonds. The molecule has 0 unspecified atom stereocenters. The van der Waals surface area contributed by atoms with E-state index in [9.17, 15) is 0 Å². The van der Waals surface area contributed by atoms with Crippen LogP contribution >= 0.6 is 18.4 Å². The van der Waals surface area contributed by atoms with Crippen LogP contribution in [0.3, 0.4) is 0 Å². The Morgan fingerprint density at radius 1 is 0.667 bits per heavy atom. The van der Waals surface area contributed by atoms with Gasteiger partial charge in [-0.15, -0.1) is 0 Å². The van der Waals surface area contributed by atoms with Gasteiger partial charge in [0.2, 0.25) is 0 Å². The maximum atomic E-state index is 8.06. The third-order valence-electron chi connectivity index (χ3n) is 0. The van der Waals surface area contributed by atoms with Gasteiger partial charge < -0.3 is 15.3 Å². The monoisotopic (exact) mass is 431 g/mol. The van der Waals surface area contributed by atoms with Gasteiger partial charge in [-0.3, -0.25) is 0 Å². The van der Waals surface area contributed by atoms with E-state index in [0.29, 0.717) is 0 Å². The molecule has 0 fully saturated rings. The number of hydrogen-bond acceptors (Lipinski definition) is 3. The van der Waals surface area contributed by atoms with E-state index < -0.39 is 17.6 Å². The summed E-state index contributed by atoms with van der Waals surface area (Å²) in [6.45, 7) is 10.3.